The first-order valence-electron chi connectivity index (χ1n) is 7.10. The summed E-state index contributed by atoms with van der Waals surface area (Å²) in [6.45, 7) is 2.41. The topological polar surface area (TPSA) is 64.3 Å². The molecule has 1 N–H and O–H groups in total. The maximum atomic E-state index is 11.8. The first kappa shape index (κ1) is 14.5. The molecule has 4 nitrogen and oxygen atoms in total. The molecule has 20 heavy (non-hydrogen) atoms. The van der Waals surface area contributed by atoms with Gasteiger partial charge in [0.1, 0.15) is 0 Å². The Labute approximate surface area is 119 Å². The number of nitriles is 1. The molecule has 1 fully saturated rings. The van der Waals surface area contributed by atoms with Crippen molar-refractivity contribution in [1.29, 1.82) is 5.26 Å². The van der Waals surface area contributed by atoms with Crippen LogP contribution in [0.5, 0.6) is 0 Å². The highest BCUT2D eigenvalue weighted by Crippen LogP contribution is 2.32. The number of nitrogens with zero attached hydrogens (tertiary/aromatic N) is 2. The standard InChI is InChI=1S/C16H20N2O2/c1-12(20)15-7-6-13(11-17)10-16(15)18(8-3-9-19)14-4-2-5-14/h6-7,10,14,19H,2-5,8-9H2,1H3. The molecule has 0 atom stereocenters. The van der Waals surface area contributed by atoms with Gasteiger partial charge in [0.25, 0.3) is 0 Å². The smallest absolute Gasteiger partial charge is 0.161 e. The molecule has 0 saturated heterocycles. The van der Waals surface area contributed by atoms with Gasteiger partial charge in [0, 0.05) is 30.4 Å². The highest BCUT2D eigenvalue weighted by molar-refractivity contribution is 6.00. The second-order valence-electron chi connectivity index (χ2n) is 5.26. The third-order valence-corrected chi connectivity index (χ3v) is 3.89. The minimum absolute atomic E-state index is 0.0119. The molecular formula is C16H20N2O2. The van der Waals surface area contributed by atoms with Gasteiger partial charge in [-0.25, -0.2) is 0 Å². The summed E-state index contributed by atoms with van der Waals surface area (Å²) in [7, 11) is 0. The lowest BCUT2D eigenvalue weighted by Crippen LogP contribution is -2.41. The number of hydrogen-bond donors (Lipinski definition) is 1. The fourth-order valence-electron chi connectivity index (χ4n) is 2.58. The van der Waals surface area contributed by atoms with Crippen molar-refractivity contribution in [3.05, 3.63) is 29.3 Å². The van der Waals surface area contributed by atoms with Crippen molar-refractivity contribution in [2.24, 2.45) is 0 Å². The van der Waals surface area contributed by atoms with E-state index in [1.54, 1.807) is 25.1 Å². The molecular weight excluding hydrogens is 252 g/mol. The van der Waals surface area contributed by atoms with E-state index in [1.165, 1.54) is 6.42 Å². The number of hydrogen-bond acceptors (Lipinski definition) is 4. The molecule has 1 aromatic carbocycles. The summed E-state index contributed by atoms with van der Waals surface area (Å²) in [4.78, 5) is 14.0. The summed E-state index contributed by atoms with van der Waals surface area (Å²) in [5.74, 6) is 0.0119. The normalized spacial score (nSPS) is 14.4. The predicted octanol–water partition coefficient (Wildman–Crippen LogP) is 2.50. The average molecular weight is 272 g/mol. The first-order chi connectivity index (χ1) is 9.67. The molecule has 0 aliphatic heterocycles. The fourth-order valence-corrected chi connectivity index (χ4v) is 2.58. The zero-order valence-corrected chi connectivity index (χ0v) is 11.8. The van der Waals surface area contributed by atoms with Crippen LogP contribution in [0.15, 0.2) is 18.2 Å². The van der Waals surface area contributed by atoms with Crippen molar-refractivity contribution in [2.75, 3.05) is 18.1 Å². The van der Waals surface area contributed by atoms with E-state index < -0.39 is 0 Å². The largest absolute Gasteiger partial charge is 0.396 e. The molecule has 0 bridgehead atoms. The maximum Gasteiger partial charge on any atom is 0.161 e. The van der Waals surface area contributed by atoms with E-state index in [1.807, 2.05) is 0 Å². The number of aliphatic hydroxyl groups is 1. The number of Topliss-reactive ketones (excluding diaryl/α,β-unsaturated/α-hetero) is 1. The minimum atomic E-state index is 0.0119. The van der Waals surface area contributed by atoms with Gasteiger partial charge in [-0.05, 0) is 50.8 Å². The number of anilines is 1. The fraction of sp³-hybridized carbons (Fsp3) is 0.500. The number of carbonyl (C=O) groups excluding carboxylic acids is 1. The predicted molar refractivity (Wildman–Crippen MR) is 77.8 cm³/mol. The molecule has 0 heterocycles. The van der Waals surface area contributed by atoms with Crippen molar-refractivity contribution in [3.8, 4) is 6.07 Å². The molecule has 0 radical (unpaired) electrons. The number of aliphatic hydroxyl groups excluding tert-OH is 1. The SMILES string of the molecule is CC(=O)c1ccc(C#N)cc1N(CCCO)C1CCC1. The Balaban J connectivity index is 2.38. The Morgan fingerprint density at radius 3 is 2.75 bits per heavy atom. The van der Waals surface area contributed by atoms with Crippen LogP contribution in [0.2, 0.25) is 0 Å². The molecule has 0 aromatic heterocycles. The molecule has 1 saturated carbocycles. The van der Waals surface area contributed by atoms with Gasteiger partial charge in [-0.3, -0.25) is 4.79 Å². The lowest BCUT2D eigenvalue weighted by Gasteiger charge is -2.40. The Morgan fingerprint density at radius 2 is 2.25 bits per heavy atom. The van der Waals surface area contributed by atoms with Crippen molar-refractivity contribution in [3.63, 3.8) is 0 Å². The van der Waals surface area contributed by atoms with Crippen molar-refractivity contribution in [1.82, 2.24) is 0 Å². The maximum absolute atomic E-state index is 11.8. The molecule has 1 aromatic rings. The lowest BCUT2D eigenvalue weighted by atomic mass is 9.90. The summed E-state index contributed by atoms with van der Waals surface area (Å²) in [6.07, 6.45) is 4.09. The van der Waals surface area contributed by atoms with Crippen LogP contribution in [-0.4, -0.2) is 30.1 Å². The third-order valence-electron chi connectivity index (χ3n) is 3.89. The second kappa shape index (κ2) is 6.53. The van der Waals surface area contributed by atoms with Gasteiger partial charge < -0.3 is 10.0 Å². The van der Waals surface area contributed by atoms with E-state index in [0.717, 1.165) is 25.1 Å². The van der Waals surface area contributed by atoms with Crippen LogP contribution in [0.3, 0.4) is 0 Å². The monoisotopic (exact) mass is 272 g/mol. The van der Waals surface area contributed by atoms with Gasteiger partial charge in [-0.1, -0.05) is 0 Å². The van der Waals surface area contributed by atoms with Gasteiger partial charge in [0.15, 0.2) is 5.78 Å². The third kappa shape index (κ3) is 3.00. The minimum Gasteiger partial charge on any atom is -0.396 e. The summed E-state index contributed by atoms with van der Waals surface area (Å²) >= 11 is 0. The zero-order valence-electron chi connectivity index (χ0n) is 11.8. The van der Waals surface area contributed by atoms with Crippen LogP contribution in [0, 0.1) is 11.3 Å². The molecule has 1 aliphatic carbocycles. The number of carbonyl (C=O) groups is 1. The second-order valence-corrected chi connectivity index (χ2v) is 5.26. The van der Waals surface area contributed by atoms with Crippen LogP contribution in [-0.2, 0) is 0 Å². The van der Waals surface area contributed by atoms with Gasteiger partial charge in [-0.15, -0.1) is 0 Å². The van der Waals surface area contributed by atoms with E-state index in [9.17, 15) is 4.79 Å². The number of rotatable bonds is 6. The number of benzene rings is 1. The van der Waals surface area contributed by atoms with Crippen LogP contribution in [0.1, 0.15) is 48.5 Å². The van der Waals surface area contributed by atoms with Crippen LogP contribution in [0.4, 0.5) is 5.69 Å². The summed E-state index contributed by atoms with van der Waals surface area (Å²) < 4.78 is 0. The Kier molecular flexibility index (Phi) is 4.75. The van der Waals surface area contributed by atoms with Crippen LogP contribution in [0.25, 0.3) is 0 Å². The van der Waals surface area contributed by atoms with Crippen molar-refractivity contribution < 1.29 is 9.90 Å². The van der Waals surface area contributed by atoms with E-state index in [0.29, 0.717) is 23.6 Å². The molecule has 4 heteroatoms. The summed E-state index contributed by atoms with van der Waals surface area (Å²) in [6, 6.07) is 7.78. The molecule has 2 rings (SSSR count). The van der Waals surface area contributed by atoms with Crippen molar-refractivity contribution in [2.45, 2.75) is 38.6 Å². The van der Waals surface area contributed by atoms with E-state index in [4.69, 9.17) is 10.4 Å². The molecule has 0 amide bonds. The molecule has 106 valence electrons. The summed E-state index contributed by atoms with van der Waals surface area (Å²) in [5.41, 5.74) is 2.07. The average Bonchev–Trinajstić information content (AvgIpc) is 2.40. The quantitative estimate of drug-likeness (QED) is 0.808. The van der Waals surface area contributed by atoms with Crippen molar-refractivity contribution >= 4 is 11.5 Å². The van der Waals surface area contributed by atoms with Gasteiger partial charge >= 0.3 is 0 Å². The molecule has 1 aliphatic rings. The van der Waals surface area contributed by atoms with Gasteiger partial charge in [0.05, 0.1) is 11.6 Å². The number of ketones is 1. The van der Waals surface area contributed by atoms with Gasteiger partial charge in [-0.2, -0.15) is 5.26 Å². The Morgan fingerprint density at radius 1 is 1.50 bits per heavy atom. The highest BCUT2D eigenvalue weighted by Gasteiger charge is 2.27. The van der Waals surface area contributed by atoms with Crippen LogP contribution < -0.4 is 4.90 Å². The summed E-state index contributed by atoms with van der Waals surface area (Å²) in [5, 5.41) is 18.1. The Bertz CT molecular complexity index is 530. The first-order valence-corrected chi connectivity index (χ1v) is 7.10. The van der Waals surface area contributed by atoms with E-state index in [2.05, 4.69) is 11.0 Å². The van der Waals surface area contributed by atoms with Crippen LogP contribution >= 0.6 is 0 Å². The van der Waals surface area contributed by atoms with Gasteiger partial charge in [0.2, 0.25) is 0 Å². The van der Waals surface area contributed by atoms with E-state index in [-0.39, 0.29) is 12.4 Å². The highest BCUT2D eigenvalue weighted by atomic mass is 16.3. The Hall–Kier alpha value is -1.86. The lowest BCUT2D eigenvalue weighted by molar-refractivity contribution is 0.101. The molecule has 0 spiro atoms. The zero-order chi connectivity index (χ0) is 14.5. The van der Waals surface area contributed by atoms with E-state index >= 15 is 0 Å². The molecule has 0 unspecified atom stereocenters.